The van der Waals surface area contributed by atoms with Gasteiger partial charge in [-0.15, -0.1) is 11.3 Å². The topological polar surface area (TPSA) is 92.4 Å². The van der Waals surface area contributed by atoms with Crippen LogP contribution in [0.1, 0.15) is 25.3 Å². The maximum Gasteiger partial charge on any atom is 0.308 e. The Bertz CT molecular complexity index is 677. The summed E-state index contributed by atoms with van der Waals surface area (Å²) in [5.74, 6) is -0.325. The van der Waals surface area contributed by atoms with Crippen molar-refractivity contribution in [3.05, 3.63) is 29.0 Å². The molecule has 0 bridgehead atoms. The molecule has 2 unspecified atom stereocenters. The number of amides is 1. The van der Waals surface area contributed by atoms with E-state index in [-0.39, 0.29) is 12.3 Å². The van der Waals surface area contributed by atoms with Crippen molar-refractivity contribution in [1.29, 1.82) is 0 Å². The molecule has 0 saturated carbocycles. The summed E-state index contributed by atoms with van der Waals surface area (Å²) in [7, 11) is 0. The lowest BCUT2D eigenvalue weighted by Crippen LogP contribution is -2.40. The number of carbonyl (C=O) groups excluding carboxylic acids is 1. The number of furan rings is 1. The van der Waals surface area contributed by atoms with Crippen molar-refractivity contribution < 1.29 is 19.1 Å². The summed E-state index contributed by atoms with van der Waals surface area (Å²) in [6.45, 7) is 5.10. The number of carboxylic acids is 1. The van der Waals surface area contributed by atoms with Gasteiger partial charge in [0.15, 0.2) is 10.8 Å². The van der Waals surface area contributed by atoms with Gasteiger partial charge in [-0.25, -0.2) is 4.98 Å². The first-order valence-corrected chi connectivity index (χ1v) is 7.78. The van der Waals surface area contributed by atoms with Crippen LogP contribution in [0.15, 0.2) is 21.9 Å². The summed E-state index contributed by atoms with van der Waals surface area (Å²) in [6.07, 6.45) is 0.118. The molecule has 0 radical (unpaired) electrons. The van der Waals surface area contributed by atoms with E-state index in [4.69, 9.17) is 9.52 Å². The average molecular weight is 322 g/mol. The molecule has 6 nitrogen and oxygen atoms in total. The number of aromatic nitrogens is 1. The summed E-state index contributed by atoms with van der Waals surface area (Å²) >= 11 is 1.41. The maximum absolute atomic E-state index is 11.9. The summed E-state index contributed by atoms with van der Waals surface area (Å²) in [6, 6.07) is 3.27. The van der Waals surface area contributed by atoms with Crippen LogP contribution in [0, 0.1) is 12.8 Å². The van der Waals surface area contributed by atoms with E-state index in [2.05, 4.69) is 10.3 Å². The molecule has 0 fully saturated rings. The van der Waals surface area contributed by atoms with Gasteiger partial charge in [-0.1, -0.05) is 0 Å². The molecule has 0 aliphatic heterocycles. The van der Waals surface area contributed by atoms with E-state index < -0.39 is 17.9 Å². The van der Waals surface area contributed by atoms with Gasteiger partial charge < -0.3 is 14.8 Å². The van der Waals surface area contributed by atoms with Gasteiger partial charge in [-0.2, -0.15) is 0 Å². The van der Waals surface area contributed by atoms with Crippen molar-refractivity contribution in [1.82, 2.24) is 10.3 Å². The number of nitrogens with one attached hydrogen (secondary N) is 1. The molecule has 0 saturated heterocycles. The Balaban J connectivity index is 1.95. The lowest BCUT2D eigenvalue weighted by atomic mass is 10.0. The van der Waals surface area contributed by atoms with Gasteiger partial charge in [0.25, 0.3) is 0 Å². The molecule has 1 amide bonds. The molecule has 2 rings (SSSR count). The summed E-state index contributed by atoms with van der Waals surface area (Å²) in [5.41, 5.74) is 0.640. The first kappa shape index (κ1) is 16.2. The number of hydrogen-bond acceptors (Lipinski definition) is 5. The first-order chi connectivity index (χ1) is 10.4. The SMILES string of the molecule is Cc1ccc(-c2nc(CC(=O)NC(C)C(C)C(=O)O)cs2)o1. The van der Waals surface area contributed by atoms with Crippen molar-refractivity contribution in [3.8, 4) is 10.8 Å². The summed E-state index contributed by atoms with van der Waals surface area (Å²) < 4.78 is 5.49. The number of aryl methyl sites for hydroxylation is 1. The number of hydrogen-bond donors (Lipinski definition) is 2. The van der Waals surface area contributed by atoms with Gasteiger partial charge in [-0.05, 0) is 32.9 Å². The number of nitrogens with zero attached hydrogens (tertiary/aromatic N) is 1. The second-order valence-electron chi connectivity index (χ2n) is 5.21. The standard InChI is InChI=1S/C15H18N2O4S/c1-8-4-5-12(21-8)14-17-11(7-22-14)6-13(18)16-10(3)9(2)15(19)20/h4-5,7,9-10H,6H2,1-3H3,(H,16,18)(H,19,20). The molecule has 22 heavy (non-hydrogen) atoms. The van der Waals surface area contributed by atoms with Gasteiger partial charge in [0.1, 0.15) is 5.76 Å². The lowest BCUT2D eigenvalue weighted by molar-refractivity contribution is -0.142. The van der Waals surface area contributed by atoms with Crippen molar-refractivity contribution in [2.45, 2.75) is 33.2 Å². The van der Waals surface area contributed by atoms with Gasteiger partial charge in [0.2, 0.25) is 5.91 Å². The van der Waals surface area contributed by atoms with E-state index in [1.165, 1.54) is 11.3 Å². The van der Waals surface area contributed by atoms with Gasteiger partial charge in [0, 0.05) is 11.4 Å². The highest BCUT2D eigenvalue weighted by Gasteiger charge is 2.21. The van der Waals surface area contributed by atoms with Crippen LogP contribution in [0.3, 0.4) is 0 Å². The Kier molecular flexibility index (Phi) is 4.97. The predicted octanol–water partition coefficient (Wildman–Crippen LogP) is 2.48. The van der Waals surface area contributed by atoms with Crippen LogP contribution < -0.4 is 5.32 Å². The fraction of sp³-hybridized carbons (Fsp3) is 0.400. The fourth-order valence-corrected chi connectivity index (χ4v) is 2.64. The van der Waals surface area contributed by atoms with Crippen molar-refractivity contribution in [3.63, 3.8) is 0 Å². The Hall–Kier alpha value is -2.15. The van der Waals surface area contributed by atoms with Crippen LogP contribution in [0.4, 0.5) is 0 Å². The highest BCUT2D eigenvalue weighted by molar-refractivity contribution is 7.13. The van der Waals surface area contributed by atoms with Crippen molar-refractivity contribution in [2.24, 2.45) is 5.92 Å². The molecule has 2 heterocycles. The molecule has 0 spiro atoms. The van der Waals surface area contributed by atoms with Crippen LogP contribution in [-0.2, 0) is 16.0 Å². The van der Waals surface area contributed by atoms with E-state index in [0.29, 0.717) is 11.5 Å². The Morgan fingerprint density at radius 2 is 2.14 bits per heavy atom. The first-order valence-electron chi connectivity index (χ1n) is 6.90. The zero-order chi connectivity index (χ0) is 16.3. The Labute approximate surface area is 132 Å². The van der Waals surface area contributed by atoms with E-state index in [0.717, 1.165) is 10.8 Å². The predicted molar refractivity (Wildman–Crippen MR) is 82.7 cm³/mol. The Morgan fingerprint density at radius 3 is 2.73 bits per heavy atom. The largest absolute Gasteiger partial charge is 0.481 e. The molecule has 2 atom stereocenters. The third-order valence-corrected chi connectivity index (χ3v) is 4.28. The lowest BCUT2D eigenvalue weighted by Gasteiger charge is -2.17. The molecule has 0 aliphatic rings. The van der Waals surface area contributed by atoms with E-state index in [1.807, 2.05) is 19.1 Å². The molecule has 118 valence electrons. The number of thiazole rings is 1. The van der Waals surface area contributed by atoms with Gasteiger partial charge in [0.05, 0.1) is 18.0 Å². The highest BCUT2D eigenvalue weighted by Crippen LogP contribution is 2.25. The molecule has 0 aromatic carbocycles. The number of carboxylic acid groups (broad SMARTS) is 1. The minimum absolute atomic E-state index is 0.118. The molecule has 2 N–H and O–H groups in total. The maximum atomic E-state index is 11.9. The minimum atomic E-state index is -0.933. The van der Waals surface area contributed by atoms with E-state index in [1.54, 1.807) is 19.2 Å². The quantitative estimate of drug-likeness (QED) is 0.852. The molecule has 2 aromatic heterocycles. The number of rotatable bonds is 6. The second-order valence-corrected chi connectivity index (χ2v) is 6.07. The minimum Gasteiger partial charge on any atom is -0.481 e. The smallest absolute Gasteiger partial charge is 0.308 e. The Morgan fingerprint density at radius 1 is 1.41 bits per heavy atom. The van der Waals surface area contributed by atoms with Crippen LogP contribution in [0.2, 0.25) is 0 Å². The van der Waals surface area contributed by atoms with Crippen LogP contribution in [0.25, 0.3) is 10.8 Å². The normalized spacial score (nSPS) is 13.6. The molecule has 0 aliphatic carbocycles. The number of aliphatic carboxylic acids is 1. The summed E-state index contributed by atoms with van der Waals surface area (Å²) in [5, 5.41) is 14.1. The number of carbonyl (C=O) groups is 2. The molecular weight excluding hydrogens is 304 g/mol. The van der Waals surface area contributed by atoms with E-state index >= 15 is 0 Å². The molecular formula is C15H18N2O4S. The van der Waals surface area contributed by atoms with E-state index in [9.17, 15) is 9.59 Å². The second kappa shape index (κ2) is 6.74. The van der Waals surface area contributed by atoms with Crippen LogP contribution >= 0.6 is 11.3 Å². The van der Waals surface area contributed by atoms with Crippen molar-refractivity contribution >= 4 is 23.2 Å². The highest BCUT2D eigenvalue weighted by atomic mass is 32.1. The third-order valence-electron chi connectivity index (χ3n) is 3.37. The van der Waals surface area contributed by atoms with Gasteiger partial charge >= 0.3 is 5.97 Å². The third kappa shape index (κ3) is 3.94. The van der Waals surface area contributed by atoms with Gasteiger partial charge in [-0.3, -0.25) is 9.59 Å². The fourth-order valence-electron chi connectivity index (χ4n) is 1.86. The monoisotopic (exact) mass is 322 g/mol. The average Bonchev–Trinajstić information content (AvgIpc) is 3.06. The molecule has 2 aromatic rings. The van der Waals surface area contributed by atoms with Crippen LogP contribution in [-0.4, -0.2) is 28.0 Å². The zero-order valence-corrected chi connectivity index (χ0v) is 13.4. The zero-order valence-electron chi connectivity index (χ0n) is 12.6. The van der Waals surface area contributed by atoms with Crippen molar-refractivity contribution in [2.75, 3.05) is 0 Å². The summed E-state index contributed by atoms with van der Waals surface area (Å²) in [4.78, 5) is 27.2. The van der Waals surface area contributed by atoms with Crippen LogP contribution in [0.5, 0.6) is 0 Å². The molecule has 7 heteroatoms.